The van der Waals surface area contributed by atoms with E-state index in [1.54, 1.807) is 12.3 Å². The number of aromatic amines is 1. The summed E-state index contributed by atoms with van der Waals surface area (Å²) in [6.45, 7) is 0.422. The second-order valence-corrected chi connectivity index (χ2v) is 12.5. The summed E-state index contributed by atoms with van der Waals surface area (Å²) in [4.78, 5) is 31.8. The molecule has 4 N–H and O–H groups in total. The number of H-pyrrole nitrogens is 1. The number of amides is 1. The number of halogens is 1. The van der Waals surface area contributed by atoms with Crippen molar-refractivity contribution in [3.8, 4) is 11.1 Å². The third-order valence-corrected chi connectivity index (χ3v) is 9.61. The standard InChI is InChI=1S/C33H34FN5O3/c34-22-5-3-4-20(14-22)21-6-7-23(35-17-21)8-9-24-27-25(15-32(16-26(27)41)10-1-2-11-32)37-30-28(24)29(38-39-30)31(42)36-18-33(19-40)12-13-33/h3-9,14,17,24,40H,1-2,10-13,15-16,18-19H2,(H,36,42)(H2,37,38,39)/b9-8+/t24-/m0/s1. The number of Topliss-reactive ketones (excluding diaryl/α,β-unsaturated/α-hetero) is 1. The summed E-state index contributed by atoms with van der Waals surface area (Å²) in [5.74, 6) is -0.356. The number of carbonyl (C=O) groups excluding carboxylic acids is 2. The van der Waals surface area contributed by atoms with Gasteiger partial charge < -0.3 is 15.7 Å². The van der Waals surface area contributed by atoms with Crippen molar-refractivity contribution in [3.05, 3.63) is 82.7 Å². The van der Waals surface area contributed by atoms with Crippen LogP contribution < -0.4 is 10.6 Å². The summed E-state index contributed by atoms with van der Waals surface area (Å²) in [5.41, 5.74) is 4.49. The van der Waals surface area contributed by atoms with E-state index >= 15 is 0 Å². The average Bonchev–Trinajstić information content (AvgIpc) is 3.44. The highest BCUT2D eigenvalue weighted by molar-refractivity contribution is 6.03. The monoisotopic (exact) mass is 567 g/mol. The number of carbonyl (C=O) groups is 2. The number of fused-ring (bicyclic) bond motifs is 1. The maximum absolute atomic E-state index is 13.8. The molecule has 8 nitrogen and oxygen atoms in total. The first-order valence-corrected chi connectivity index (χ1v) is 14.8. The molecule has 3 aliphatic carbocycles. The highest BCUT2D eigenvalue weighted by Gasteiger charge is 2.47. The SMILES string of the molecule is O=C1CC2(CCCC2)CC2=C1[C@H](/C=C/c1ccc(-c3cccc(F)c3)cn1)c1c(C(=O)NCC3(CO)CC3)n[nH]c1N2. The average molecular weight is 568 g/mol. The molecule has 216 valence electrons. The summed E-state index contributed by atoms with van der Waals surface area (Å²) in [5, 5.41) is 23.5. The Morgan fingerprint density at radius 2 is 1.95 bits per heavy atom. The molecule has 4 aliphatic rings. The minimum atomic E-state index is -0.473. The minimum absolute atomic E-state index is 0.00604. The first kappa shape index (κ1) is 26.8. The molecule has 3 heterocycles. The smallest absolute Gasteiger partial charge is 0.272 e. The number of ketones is 1. The van der Waals surface area contributed by atoms with Crippen LogP contribution in [0, 0.1) is 16.6 Å². The van der Waals surface area contributed by atoms with Gasteiger partial charge in [-0.15, -0.1) is 0 Å². The van der Waals surface area contributed by atoms with Crippen molar-refractivity contribution in [1.29, 1.82) is 0 Å². The van der Waals surface area contributed by atoms with Gasteiger partial charge in [0.05, 0.1) is 12.3 Å². The van der Waals surface area contributed by atoms with Crippen molar-refractivity contribution in [2.75, 3.05) is 18.5 Å². The third-order valence-electron chi connectivity index (χ3n) is 9.61. The van der Waals surface area contributed by atoms with Crippen LogP contribution in [0.1, 0.15) is 79.0 Å². The van der Waals surface area contributed by atoms with Gasteiger partial charge in [-0.25, -0.2) is 4.39 Å². The zero-order valence-corrected chi connectivity index (χ0v) is 23.4. The van der Waals surface area contributed by atoms with Gasteiger partial charge in [0.2, 0.25) is 0 Å². The Bertz CT molecular complexity index is 1610. The highest BCUT2D eigenvalue weighted by atomic mass is 19.1. The summed E-state index contributed by atoms with van der Waals surface area (Å²) < 4.78 is 13.7. The summed E-state index contributed by atoms with van der Waals surface area (Å²) >= 11 is 0. The molecule has 9 heteroatoms. The Morgan fingerprint density at radius 1 is 1.12 bits per heavy atom. The molecule has 1 amide bonds. The molecular formula is C33H34FN5O3. The lowest BCUT2D eigenvalue weighted by molar-refractivity contribution is -0.118. The van der Waals surface area contributed by atoms with Crippen LogP contribution >= 0.6 is 0 Å². The number of hydrogen-bond donors (Lipinski definition) is 4. The molecule has 0 saturated heterocycles. The zero-order chi connectivity index (χ0) is 28.9. The predicted molar refractivity (Wildman–Crippen MR) is 157 cm³/mol. The number of aliphatic hydroxyl groups excluding tert-OH is 1. The number of nitrogens with one attached hydrogen (secondary N) is 3. The van der Waals surface area contributed by atoms with Gasteiger partial charge in [0.25, 0.3) is 5.91 Å². The number of rotatable bonds is 7. The van der Waals surface area contributed by atoms with E-state index in [9.17, 15) is 19.1 Å². The van der Waals surface area contributed by atoms with Gasteiger partial charge in [-0.3, -0.25) is 19.7 Å². The molecule has 0 bridgehead atoms. The molecule has 1 spiro atoms. The van der Waals surface area contributed by atoms with Crippen LogP contribution in [-0.2, 0) is 4.79 Å². The quantitative estimate of drug-likeness (QED) is 0.299. The van der Waals surface area contributed by atoms with Gasteiger partial charge in [0.15, 0.2) is 11.5 Å². The number of benzene rings is 1. The number of aliphatic hydroxyl groups is 1. The minimum Gasteiger partial charge on any atom is -0.396 e. The molecule has 0 unspecified atom stereocenters. The summed E-state index contributed by atoms with van der Waals surface area (Å²) in [7, 11) is 0. The molecule has 2 fully saturated rings. The van der Waals surface area contributed by atoms with Crippen LogP contribution in [-0.4, -0.2) is 45.1 Å². The molecule has 2 aromatic heterocycles. The van der Waals surface area contributed by atoms with Crippen molar-refractivity contribution < 1.29 is 19.1 Å². The Labute approximate surface area is 243 Å². The second kappa shape index (κ2) is 10.3. The number of pyridine rings is 1. The van der Waals surface area contributed by atoms with E-state index in [-0.39, 0.29) is 40.6 Å². The molecule has 3 aromatic rings. The fourth-order valence-corrected chi connectivity index (χ4v) is 6.95. The van der Waals surface area contributed by atoms with E-state index < -0.39 is 5.92 Å². The Kier molecular flexibility index (Phi) is 6.57. The first-order valence-electron chi connectivity index (χ1n) is 14.8. The Balaban J connectivity index is 1.22. The molecule has 1 aromatic carbocycles. The van der Waals surface area contributed by atoms with E-state index in [0.29, 0.717) is 35.6 Å². The normalized spacial score (nSPS) is 21.8. The number of allylic oxidation sites excluding steroid dienone is 3. The van der Waals surface area contributed by atoms with Gasteiger partial charge in [0.1, 0.15) is 11.6 Å². The molecule has 1 atom stereocenters. The van der Waals surface area contributed by atoms with E-state index in [4.69, 9.17) is 0 Å². The summed E-state index contributed by atoms with van der Waals surface area (Å²) in [6, 6.07) is 10.1. The van der Waals surface area contributed by atoms with Crippen LogP contribution in [0.3, 0.4) is 0 Å². The van der Waals surface area contributed by atoms with Crippen LogP contribution in [0.2, 0.25) is 0 Å². The molecule has 1 aliphatic heterocycles. The highest BCUT2D eigenvalue weighted by Crippen LogP contribution is 2.54. The van der Waals surface area contributed by atoms with Gasteiger partial charge >= 0.3 is 0 Å². The maximum atomic E-state index is 13.8. The Morgan fingerprint density at radius 3 is 2.67 bits per heavy atom. The predicted octanol–water partition coefficient (Wildman–Crippen LogP) is 5.51. The fourth-order valence-electron chi connectivity index (χ4n) is 6.95. The first-order chi connectivity index (χ1) is 20.4. The van der Waals surface area contributed by atoms with Crippen molar-refractivity contribution in [1.82, 2.24) is 20.5 Å². The molecule has 42 heavy (non-hydrogen) atoms. The lowest BCUT2D eigenvalue weighted by Crippen LogP contribution is -2.36. The number of aromatic nitrogens is 3. The van der Waals surface area contributed by atoms with E-state index in [0.717, 1.165) is 61.8 Å². The van der Waals surface area contributed by atoms with Crippen molar-refractivity contribution in [2.45, 2.75) is 57.3 Å². The number of anilines is 1. The van der Waals surface area contributed by atoms with E-state index in [2.05, 4.69) is 25.8 Å². The van der Waals surface area contributed by atoms with E-state index in [1.807, 2.05) is 30.4 Å². The van der Waals surface area contributed by atoms with Gasteiger partial charge in [-0.1, -0.05) is 37.1 Å². The lowest BCUT2D eigenvalue weighted by Gasteiger charge is -2.39. The largest absolute Gasteiger partial charge is 0.396 e. The van der Waals surface area contributed by atoms with Gasteiger partial charge in [-0.2, -0.15) is 5.10 Å². The Hall–Kier alpha value is -4.11. The van der Waals surface area contributed by atoms with Crippen molar-refractivity contribution in [2.24, 2.45) is 10.8 Å². The molecule has 0 radical (unpaired) electrons. The van der Waals surface area contributed by atoms with Crippen LogP contribution in [0.4, 0.5) is 10.2 Å². The van der Waals surface area contributed by atoms with Crippen LogP contribution in [0.25, 0.3) is 17.2 Å². The number of nitrogens with zero attached hydrogens (tertiary/aromatic N) is 2. The van der Waals surface area contributed by atoms with Crippen LogP contribution in [0.15, 0.2) is 59.9 Å². The second-order valence-electron chi connectivity index (χ2n) is 12.5. The lowest BCUT2D eigenvalue weighted by atomic mass is 9.67. The summed E-state index contributed by atoms with van der Waals surface area (Å²) in [6.07, 6.45) is 13.0. The maximum Gasteiger partial charge on any atom is 0.272 e. The fraction of sp³-hybridized carbons (Fsp3) is 0.394. The topological polar surface area (TPSA) is 120 Å². The molecule has 7 rings (SSSR count). The zero-order valence-electron chi connectivity index (χ0n) is 23.4. The van der Waals surface area contributed by atoms with Crippen molar-refractivity contribution >= 4 is 23.6 Å². The third kappa shape index (κ3) is 4.85. The van der Waals surface area contributed by atoms with Gasteiger partial charge in [0, 0.05) is 52.9 Å². The number of hydrogen-bond acceptors (Lipinski definition) is 6. The molecular weight excluding hydrogens is 533 g/mol. The van der Waals surface area contributed by atoms with Crippen molar-refractivity contribution in [3.63, 3.8) is 0 Å². The van der Waals surface area contributed by atoms with Crippen LogP contribution in [0.5, 0.6) is 0 Å². The van der Waals surface area contributed by atoms with E-state index in [1.165, 1.54) is 12.1 Å². The van der Waals surface area contributed by atoms with Gasteiger partial charge in [-0.05, 0) is 67.4 Å². The molecule has 2 saturated carbocycles.